The van der Waals surface area contributed by atoms with Crippen LogP contribution in [0.15, 0.2) is 64.0 Å². The van der Waals surface area contributed by atoms with Crippen molar-refractivity contribution in [2.24, 2.45) is 16.2 Å². The summed E-state index contributed by atoms with van der Waals surface area (Å²) in [5.74, 6) is 5.89. The Morgan fingerprint density at radius 1 is 0.976 bits per heavy atom. The maximum atomic E-state index is 13.7. The van der Waals surface area contributed by atoms with Crippen molar-refractivity contribution >= 4 is 27.0 Å². The van der Waals surface area contributed by atoms with Crippen molar-refractivity contribution in [1.29, 1.82) is 5.26 Å². The largest absolute Gasteiger partial charge is 0.370 e. The van der Waals surface area contributed by atoms with Gasteiger partial charge in [-0.15, -0.1) is 4.47 Å². The SMILES string of the molecule is Cc1cc(C)c(C(=O)N2CCN(c3ccccc3[S@](C)(=O)=NN)CC2)nc1CC1CCN(c2ccccc2C#N)CC1. The topological polar surface area (TPSA) is 119 Å². The predicted octanol–water partition coefficient (Wildman–Crippen LogP) is 4.32. The Kier molecular flexibility index (Phi) is 8.80. The molecule has 2 N–H and O–H groups in total. The summed E-state index contributed by atoms with van der Waals surface area (Å²) in [4.78, 5) is 25.6. The van der Waals surface area contributed by atoms with E-state index in [0.29, 0.717) is 42.7 Å². The molecule has 9 nitrogen and oxygen atoms in total. The molecule has 1 atom stereocenters. The summed E-state index contributed by atoms with van der Waals surface area (Å²) in [6, 6.07) is 19.7. The molecule has 10 heteroatoms. The number of piperidine rings is 1. The van der Waals surface area contributed by atoms with Gasteiger partial charge in [-0.25, -0.2) is 15.0 Å². The molecule has 2 aliphatic rings. The van der Waals surface area contributed by atoms with E-state index in [4.69, 9.17) is 10.8 Å². The lowest BCUT2D eigenvalue weighted by atomic mass is 9.90. The lowest BCUT2D eigenvalue weighted by molar-refractivity contribution is 0.0739. The summed E-state index contributed by atoms with van der Waals surface area (Å²) in [5, 5.41) is 9.49. The number of benzene rings is 2. The minimum Gasteiger partial charge on any atom is -0.370 e. The predicted molar refractivity (Wildman–Crippen MR) is 167 cm³/mol. The zero-order valence-electron chi connectivity index (χ0n) is 24.6. The molecule has 0 aliphatic carbocycles. The van der Waals surface area contributed by atoms with Crippen molar-refractivity contribution in [1.82, 2.24) is 9.88 Å². The molecule has 0 radical (unpaired) electrons. The molecule has 0 saturated carbocycles. The third-order valence-electron chi connectivity index (χ3n) is 8.55. The fourth-order valence-corrected chi connectivity index (χ4v) is 7.13. The summed E-state index contributed by atoms with van der Waals surface area (Å²) in [5.41, 5.74) is 6.12. The molecule has 5 rings (SSSR count). The molecule has 2 fully saturated rings. The standard InChI is InChI=1S/C32H39N7O2S/c1-23-20-24(2)31(35-27(23)21-25-12-14-37(15-13-25)28-9-5-4-8-26(28)22-33)32(40)39-18-16-38(17-19-39)29-10-6-7-11-30(29)42(3,41)36-34/h4-11,20,25H,12-19,21,34H2,1-3H3/t42-/m0/s1. The Balaban J connectivity index is 1.24. The smallest absolute Gasteiger partial charge is 0.272 e. The summed E-state index contributed by atoms with van der Waals surface area (Å²) in [7, 11) is -2.69. The molecule has 3 heterocycles. The second kappa shape index (κ2) is 12.5. The highest BCUT2D eigenvalue weighted by atomic mass is 32.2. The fourth-order valence-electron chi connectivity index (χ4n) is 6.10. The molecule has 3 aromatic rings. The number of aryl methyl sites for hydroxylation is 2. The Morgan fingerprint density at radius 2 is 1.60 bits per heavy atom. The maximum absolute atomic E-state index is 13.7. The number of rotatable bonds is 6. The Bertz CT molecular complexity index is 1620. The first kappa shape index (κ1) is 29.5. The number of piperazine rings is 1. The van der Waals surface area contributed by atoms with Gasteiger partial charge in [0.25, 0.3) is 5.91 Å². The lowest BCUT2D eigenvalue weighted by Crippen LogP contribution is -2.49. The van der Waals surface area contributed by atoms with Crippen LogP contribution < -0.4 is 15.6 Å². The number of aromatic nitrogens is 1. The minimum absolute atomic E-state index is 0.0409. The minimum atomic E-state index is -2.69. The normalized spacial score (nSPS) is 17.5. The number of nitriles is 1. The zero-order valence-corrected chi connectivity index (χ0v) is 25.4. The summed E-state index contributed by atoms with van der Waals surface area (Å²) >= 11 is 0. The van der Waals surface area contributed by atoms with E-state index in [1.807, 2.05) is 60.4 Å². The van der Waals surface area contributed by atoms with Gasteiger partial charge in [-0.2, -0.15) is 5.26 Å². The van der Waals surface area contributed by atoms with Gasteiger partial charge >= 0.3 is 0 Å². The number of nitrogens with two attached hydrogens (primary N) is 1. The van der Waals surface area contributed by atoms with Gasteiger partial charge in [0.15, 0.2) is 0 Å². The molecular formula is C32H39N7O2S. The van der Waals surface area contributed by atoms with Crippen molar-refractivity contribution in [3.8, 4) is 6.07 Å². The quantitative estimate of drug-likeness (QED) is 0.338. The Hall–Kier alpha value is -3.94. The first-order valence-corrected chi connectivity index (χ1v) is 16.4. The summed E-state index contributed by atoms with van der Waals surface area (Å²) in [6.45, 7) is 8.18. The Labute approximate surface area is 249 Å². The number of amides is 1. The summed E-state index contributed by atoms with van der Waals surface area (Å²) < 4.78 is 16.6. The second-order valence-electron chi connectivity index (χ2n) is 11.3. The van der Waals surface area contributed by atoms with Gasteiger partial charge in [-0.3, -0.25) is 4.79 Å². The maximum Gasteiger partial charge on any atom is 0.272 e. The molecule has 220 valence electrons. The highest BCUT2D eigenvalue weighted by molar-refractivity contribution is 7.93. The van der Waals surface area contributed by atoms with Crippen LogP contribution in [0.25, 0.3) is 0 Å². The van der Waals surface area contributed by atoms with Crippen LogP contribution in [0, 0.1) is 31.1 Å². The number of carbonyl (C=O) groups excluding carboxylic acids is 1. The molecule has 0 unspecified atom stereocenters. The van der Waals surface area contributed by atoms with Gasteiger partial charge < -0.3 is 14.7 Å². The van der Waals surface area contributed by atoms with E-state index in [9.17, 15) is 14.3 Å². The molecule has 0 bridgehead atoms. The number of carbonyl (C=O) groups is 1. The Morgan fingerprint density at radius 3 is 2.26 bits per heavy atom. The van der Waals surface area contributed by atoms with Crippen LogP contribution in [0.5, 0.6) is 0 Å². The van der Waals surface area contributed by atoms with Crippen molar-refractivity contribution < 1.29 is 9.00 Å². The third kappa shape index (κ3) is 6.13. The monoisotopic (exact) mass is 585 g/mol. The fraction of sp³-hybridized carbons (Fsp3) is 0.406. The average molecular weight is 586 g/mol. The molecule has 1 aromatic heterocycles. The van der Waals surface area contributed by atoms with Crippen molar-refractivity contribution in [3.63, 3.8) is 0 Å². The third-order valence-corrected chi connectivity index (χ3v) is 10.1. The van der Waals surface area contributed by atoms with E-state index in [0.717, 1.165) is 66.1 Å². The van der Waals surface area contributed by atoms with Crippen LogP contribution in [-0.2, 0) is 16.1 Å². The first-order valence-electron chi connectivity index (χ1n) is 14.5. The number of pyridine rings is 1. The van der Waals surface area contributed by atoms with E-state index >= 15 is 0 Å². The van der Waals surface area contributed by atoms with E-state index in [1.165, 1.54) is 0 Å². The van der Waals surface area contributed by atoms with Crippen LogP contribution >= 0.6 is 0 Å². The molecule has 0 spiro atoms. The van der Waals surface area contributed by atoms with Crippen molar-refractivity contribution in [3.05, 3.63) is 82.7 Å². The van der Waals surface area contributed by atoms with Crippen LogP contribution in [0.3, 0.4) is 0 Å². The van der Waals surface area contributed by atoms with Gasteiger partial charge in [0, 0.05) is 51.2 Å². The number of hydrogen-bond acceptors (Lipinski definition) is 7. The van der Waals surface area contributed by atoms with Crippen LogP contribution in [-0.4, -0.2) is 65.5 Å². The first-order chi connectivity index (χ1) is 20.2. The zero-order chi connectivity index (χ0) is 29.9. The number of hydrogen-bond donors (Lipinski definition) is 1. The number of para-hydroxylation sites is 2. The highest BCUT2D eigenvalue weighted by Gasteiger charge is 2.28. The van der Waals surface area contributed by atoms with E-state index in [2.05, 4.69) is 33.3 Å². The molecule has 2 aromatic carbocycles. The van der Waals surface area contributed by atoms with E-state index < -0.39 is 9.73 Å². The van der Waals surface area contributed by atoms with Gasteiger partial charge in [-0.05, 0) is 74.4 Å². The van der Waals surface area contributed by atoms with E-state index in [1.54, 1.807) is 6.26 Å². The van der Waals surface area contributed by atoms with Crippen molar-refractivity contribution in [2.45, 2.75) is 38.0 Å². The second-order valence-corrected chi connectivity index (χ2v) is 13.6. The molecule has 1 amide bonds. The summed E-state index contributed by atoms with van der Waals surface area (Å²) in [6.07, 6.45) is 4.42. The van der Waals surface area contributed by atoms with E-state index in [-0.39, 0.29) is 5.91 Å². The van der Waals surface area contributed by atoms with Crippen LogP contribution in [0.2, 0.25) is 0 Å². The van der Waals surface area contributed by atoms with Gasteiger partial charge in [0.1, 0.15) is 11.8 Å². The van der Waals surface area contributed by atoms with Gasteiger partial charge in [-0.1, -0.05) is 30.3 Å². The van der Waals surface area contributed by atoms with Crippen LogP contribution in [0.1, 0.15) is 45.7 Å². The van der Waals surface area contributed by atoms with Gasteiger partial charge in [0.2, 0.25) is 0 Å². The lowest BCUT2D eigenvalue weighted by Gasteiger charge is -2.37. The molecule has 42 heavy (non-hydrogen) atoms. The number of nitrogens with zero attached hydrogens (tertiary/aromatic N) is 6. The van der Waals surface area contributed by atoms with Crippen molar-refractivity contribution in [2.75, 3.05) is 55.3 Å². The van der Waals surface area contributed by atoms with Gasteiger partial charge in [0.05, 0.1) is 31.6 Å². The average Bonchev–Trinajstić information content (AvgIpc) is 3.02. The number of anilines is 2. The highest BCUT2D eigenvalue weighted by Crippen LogP contribution is 2.30. The molecule has 2 aliphatic heterocycles. The van der Waals surface area contributed by atoms with Crippen LogP contribution in [0.4, 0.5) is 11.4 Å². The molecule has 2 saturated heterocycles. The molecular weight excluding hydrogens is 546 g/mol.